The number of ether oxygens (including phenoxy) is 2. The van der Waals surface area contributed by atoms with E-state index in [0.29, 0.717) is 30.5 Å². The summed E-state index contributed by atoms with van der Waals surface area (Å²) in [6.07, 6.45) is 0. The van der Waals surface area contributed by atoms with Gasteiger partial charge in [-0.1, -0.05) is 51.4 Å². The maximum atomic E-state index is 12.6. The van der Waals surface area contributed by atoms with Crippen LogP contribution < -0.4 is 14.8 Å². The molecule has 0 bridgehead atoms. The summed E-state index contributed by atoms with van der Waals surface area (Å²) in [6, 6.07) is 14.6. The van der Waals surface area contributed by atoms with Crippen LogP contribution in [-0.4, -0.2) is 24.3 Å². The summed E-state index contributed by atoms with van der Waals surface area (Å²) in [6.45, 7) is 2.93. The maximum Gasteiger partial charge on any atom is 0.273 e. The Labute approximate surface area is 164 Å². The highest BCUT2D eigenvalue weighted by Gasteiger charge is 2.21. The Morgan fingerprint density at radius 2 is 1.81 bits per heavy atom. The van der Waals surface area contributed by atoms with Crippen molar-refractivity contribution in [3.8, 4) is 22.8 Å². The second-order valence-corrected chi connectivity index (χ2v) is 7.01. The lowest BCUT2D eigenvalue weighted by molar-refractivity contribution is 0.0930. The van der Waals surface area contributed by atoms with Gasteiger partial charge in [0.2, 0.25) is 0 Å². The van der Waals surface area contributed by atoms with E-state index in [4.69, 9.17) is 14.0 Å². The first-order chi connectivity index (χ1) is 13.1. The van der Waals surface area contributed by atoms with Gasteiger partial charge >= 0.3 is 0 Å². The Hall–Kier alpha value is -2.80. The molecule has 1 aliphatic rings. The predicted molar refractivity (Wildman–Crippen MR) is 103 cm³/mol. The quantitative estimate of drug-likeness (QED) is 0.667. The summed E-state index contributed by atoms with van der Waals surface area (Å²) in [5.74, 6) is 1.61. The van der Waals surface area contributed by atoms with Crippen molar-refractivity contribution in [1.29, 1.82) is 0 Å². The third-order valence-corrected chi connectivity index (χ3v) is 4.96. The number of nitrogens with zero attached hydrogens (tertiary/aromatic N) is 1. The van der Waals surface area contributed by atoms with Crippen LogP contribution in [0.1, 0.15) is 29.0 Å². The summed E-state index contributed by atoms with van der Waals surface area (Å²) in [5.41, 5.74) is 1.99. The van der Waals surface area contributed by atoms with Crippen LogP contribution in [0.15, 0.2) is 57.5 Å². The van der Waals surface area contributed by atoms with Gasteiger partial charge in [-0.05, 0) is 24.6 Å². The van der Waals surface area contributed by atoms with E-state index in [2.05, 4.69) is 26.4 Å². The number of aromatic nitrogens is 1. The van der Waals surface area contributed by atoms with Gasteiger partial charge in [0, 0.05) is 16.1 Å². The van der Waals surface area contributed by atoms with Crippen LogP contribution in [0.4, 0.5) is 0 Å². The Morgan fingerprint density at radius 3 is 2.56 bits per heavy atom. The Morgan fingerprint density at radius 1 is 1.11 bits per heavy atom. The standard InChI is InChI=1S/C20H17BrN2O4/c1-12(14-9-18-19(10-15(14)21)26-8-7-25-18)22-20(24)16-11-17(27-23-16)13-5-3-2-4-6-13/h2-6,9-12H,7-8H2,1H3,(H,22,24). The zero-order chi connectivity index (χ0) is 18.8. The number of hydrogen-bond acceptors (Lipinski definition) is 5. The summed E-state index contributed by atoms with van der Waals surface area (Å²) in [7, 11) is 0. The zero-order valence-corrected chi connectivity index (χ0v) is 16.2. The van der Waals surface area contributed by atoms with Crippen LogP contribution in [0.2, 0.25) is 0 Å². The molecule has 0 saturated heterocycles. The number of rotatable bonds is 4. The van der Waals surface area contributed by atoms with Gasteiger partial charge in [-0.2, -0.15) is 0 Å². The second-order valence-electron chi connectivity index (χ2n) is 6.15. The molecular weight excluding hydrogens is 412 g/mol. The highest BCUT2D eigenvalue weighted by Crippen LogP contribution is 2.37. The second kappa shape index (κ2) is 7.44. The molecule has 0 radical (unpaired) electrons. The highest BCUT2D eigenvalue weighted by atomic mass is 79.9. The number of nitrogens with one attached hydrogen (secondary N) is 1. The number of hydrogen-bond donors (Lipinski definition) is 1. The van der Waals surface area contributed by atoms with Crippen LogP contribution in [0.25, 0.3) is 11.3 Å². The molecule has 4 rings (SSSR count). The number of fused-ring (bicyclic) bond motifs is 1. The van der Waals surface area contributed by atoms with Crippen LogP contribution in [-0.2, 0) is 0 Å². The average Bonchev–Trinajstić information content (AvgIpc) is 3.18. The Kier molecular flexibility index (Phi) is 4.85. The third kappa shape index (κ3) is 3.68. The van der Waals surface area contributed by atoms with E-state index >= 15 is 0 Å². The molecule has 1 unspecified atom stereocenters. The molecule has 27 heavy (non-hydrogen) atoms. The molecule has 2 heterocycles. The van der Waals surface area contributed by atoms with Crippen LogP contribution in [0.3, 0.4) is 0 Å². The zero-order valence-electron chi connectivity index (χ0n) is 14.6. The lowest BCUT2D eigenvalue weighted by Gasteiger charge is -2.22. The first-order valence-electron chi connectivity index (χ1n) is 8.54. The van der Waals surface area contributed by atoms with Gasteiger partial charge < -0.3 is 19.3 Å². The van der Waals surface area contributed by atoms with Crippen molar-refractivity contribution in [1.82, 2.24) is 10.5 Å². The van der Waals surface area contributed by atoms with Gasteiger partial charge in [0.05, 0.1) is 6.04 Å². The van der Waals surface area contributed by atoms with E-state index in [0.717, 1.165) is 15.6 Å². The third-order valence-electron chi connectivity index (χ3n) is 4.28. The van der Waals surface area contributed by atoms with Gasteiger partial charge in [-0.3, -0.25) is 4.79 Å². The van der Waals surface area contributed by atoms with Gasteiger partial charge in [0.25, 0.3) is 5.91 Å². The van der Waals surface area contributed by atoms with E-state index < -0.39 is 0 Å². The molecule has 2 aromatic carbocycles. The minimum Gasteiger partial charge on any atom is -0.486 e. The number of benzene rings is 2. The maximum absolute atomic E-state index is 12.6. The summed E-state index contributed by atoms with van der Waals surface area (Å²) < 4.78 is 17.3. The molecule has 6 nitrogen and oxygen atoms in total. The largest absolute Gasteiger partial charge is 0.486 e. The molecule has 0 spiro atoms. The topological polar surface area (TPSA) is 73.6 Å². The predicted octanol–water partition coefficient (Wildman–Crippen LogP) is 4.37. The first-order valence-corrected chi connectivity index (χ1v) is 9.33. The molecule has 3 aromatic rings. The normalized spacial score (nSPS) is 13.9. The van der Waals surface area contributed by atoms with Crippen LogP contribution in [0, 0.1) is 0 Å². The van der Waals surface area contributed by atoms with Crippen molar-refractivity contribution < 1.29 is 18.8 Å². The molecule has 1 N–H and O–H groups in total. The summed E-state index contributed by atoms with van der Waals surface area (Å²) >= 11 is 3.54. The number of halogens is 1. The SMILES string of the molecule is CC(NC(=O)c1cc(-c2ccccc2)on1)c1cc2c(cc1Br)OCCO2. The van der Waals surface area contributed by atoms with E-state index in [-0.39, 0.29) is 17.6 Å². The number of amides is 1. The molecule has 0 aliphatic carbocycles. The smallest absolute Gasteiger partial charge is 0.273 e. The average molecular weight is 429 g/mol. The molecule has 138 valence electrons. The fourth-order valence-electron chi connectivity index (χ4n) is 2.88. The molecule has 0 fully saturated rings. The van der Waals surface area contributed by atoms with Gasteiger partial charge in [-0.25, -0.2) is 0 Å². The van der Waals surface area contributed by atoms with Crippen molar-refractivity contribution in [2.75, 3.05) is 13.2 Å². The minimum absolute atomic E-state index is 0.231. The summed E-state index contributed by atoms with van der Waals surface area (Å²) in [4.78, 5) is 12.6. The van der Waals surface area contributed by atoms with E-state index in [1.165, 1.54) is 0 Å². The van der Waals surface area contributed by atoms with Crippen LogP contribution in [0.5, 0.6) is 11.5 Å². The monoisotopic (exact) mass is 428 g/mol. The number of carbonyl (C=O) groups excluding carboxylic acids is 1. The van der Waals surface area contributed by atoms with E-state index in [1.54, 1.807) is 6.07 Å². The fraction of sp³-hybridized carbons (Fsp3) is 0.200. The summed E-state index contributed by atoms with van der Waals surface area (Å²) in [5, 5.41) is 6.83. The van der Waals surface area contributed by atoms with E-state index in [1.807, 2.05) is 49.4 Å². The minimum atomic E-state index is -0.310. The first kappa shape index (κ1) is 17.6. The molecular formula is C20H17BrN2O4. The van der Waals surface area contributed by atoms with Gasteiger partial charge in [0.15, 0.2) is 23.0 Å². The molecule has 1 aliphatic heterocycles. The molecule has 1 atom stereocenters. The molecule has 1 amide bonds. The van der Waals surface area contributed by atoms with Gasteiger partial charge in [0.1, 0.15) is 13.2 Å². The lowest BCUT2D eigenvalue weighted by atomic mass is 10.1. The van der Waals surface area contributed by atoms with Crippen molar-refractivity contribution in [2.24, 2.45) is 0 Å². The van der Waals surface area contributed by atoms with Crippen molar-refractivity contribution in [2.45, 2.75) is 13.0 Å². The molecule has 0 saturated carbocycles. The van der Waals surface area contributed by atoms with Crippen molar-refractivity contribution in [3.05, 3.63) is 64.3 Å². The number of carbonyl (C=O) groups is 1. The van der Waals surface area contributed by atoms with Crippen molar-refractivity contribution in [3.63, 3.8) is 0 Å². The molecule has 1 aromatic heterocycles. The molecule has 7 heteroatoms. The fourth-order valence-corrected chi connectivity index (χ4v) is 3.55. The van der Waals surface area contributed by atoms with Crippen LogP contribution >= 0.6 is 15.9 Å². The van der Waals surface area contributed by atoms with Gasteiger partial charge in [-0.15, -0.1) is 0 Å². The highest BCUT2D eigenvalue weighted by molar-refractivity contribution is 9.10. The van der Waals surface area contributed by atoms with E-state index in [9.17, 15) is 4.79 Å². The Balaban J connectivity index is 1.51. The van der Waals surface area contributed by atoms with Crippen molar-refractivity contribution >= 4 is 21.8 Å². The lowest BCUT2D eigenvalue weighted by Crippen LogP contribution is -2.27. The Bertz CT molecular complexity index is 971.